The molecule has 0 saturated carbocycles. The van der Waals surface area contributed by atoms with Crippen molar-refractivity contribution in [1.29, 1.82) is 0 Å². The number of hydrogen-bond acceptors (Lipinski definition) is 3. The highest BCUT2D eigenvalue weighted by Crippen LogP contribution is 2.42. The molecule has 1 spiro atoms. The van der Waals surface area contributed by atoms with E-state index in [4.69, 9.17) is 4.74 Å². The summed E-state index contributed by atoms with van der Waals surface area (Å²) in [5.74, 6) is -3.10. The predicted octanol–water partition coefficient (Wildman–Crippen LogP) is 3.80. The molecule has 8 heteroatoms. The standard InChI is InChI=1S/C20H26F4N2O2/c1-28-16-4-2-3-15(11-16)13-26-14-19(12-17(26)27)5-8-25(9-6-19)10-7-20(23,24)18(21)22/h2-4,11,18H,5-10,12-14H2,1H3. The molecule has 2 saturated heterocycles. The van der Waals surface area contributed by atoms with Gasteiger partial charge in [0.2, 0.25) is 5.91 Å². The zero-order valence-electron chi connectivity index (χ0n) is 16.0. The first-order valence-electron chi connectivity index (χ1n) is 9.52. The van der Waals surface area contributed by atoms with Gasteiger partial charge in [-0.25, -0.2) is 17.6 Å². The van der Waals surface area contributed by atoms with Crippen molar-refractivity contribution in [3.05, 3.63) is 29.8 Å². The van der Waals surface area contributed by atoms with Crippen LogP contribution in [0.15, 0.2) is 24.3 Å². The number of alkyl halides is 4. The number of piperidine rings is 1. The molecule has 2 aliphatic heterocycles. The first-order chi connectivity index (χ1) is 13.2. The quantitative estimate of drug-likeness (QED) is 0.651. The maximum Gasteiger partial charge on any atom is 0.308 e. The van der Waals surface area contributed by atoms with Crippen LogP contribution in [0.25, 0.3) is 0 Å². The Morgan fingerprint density at radius 2 is 1.96 bits per heavy atom. The number of hydrogen-bond donors (Lipinski definition) is 0. The first kappa shape index (κ1) is 20.9. The monoisotopic (exact) mass is 402 g/mol. The summed E-state index contributed by atoms with van der Waals surface area (Å²) in [6.07, 6.45) is -2.57. The molecule has 1 aromatic rings. The smallest absolute Gasteiger partial charge is 0.308 e. The van der Waals surface area contributed by atoms with E-state index in [0.29, 0.717) is 45.4 Å². The summed E-state index contributed by atoms with van der Waals surface area (Å²) in [6, 6.07) is 7.60. The number of carbonyl (C=O) groups is 1. The highest BCUT2D eigenvalue weighted by Gasteiger charge is 2.45. The molecule has 0 radical (unpaired) electrons. The summed E-state index contributed by atoms with van der Waals surface area (Å²) in [7, 11) is 1.60. The highest BCUT2D eigenvalue weighted by molar-refractivity contribution is 5.79. The van der Waals surface area contributed by atoms with Crippen LogP contribution in [0.5, 0.6) is 5.75 Å². The maximum absolute atomic E-state index is 13.1. The number of amides is 1. The van der Waals surface area contributed by atoms with Gasteiger partial charge in [0.1, 0.15) is 5.75 Å². The topological polar surface area (TPSA) is 32.8 Å². The average molecular weight is 402 g/mol. The molecule has 0 aliphatic carbocycles. The number of halogens is 4. The normalized spacial score (nSPS) is 20.4. The number of methoxy groups -OCH3 is 1. The van der Waals surface area contributed by atoms with E-state index in [1.807, 2.05) is 29.2 Å². The summed E-state index contributed by atoms with van der Waals surface area (Å²) in [6.45, 7) is 2.22. The minimum Gasteiger partial charge on any atom is -0.497 e. The Balaban J connectivity index is 1.52. The molecule has 0 bridgehead atoms. The number of ether oxygens (including phenoxy) is 1. The zero-order valence-corrected chi connectivity index (χ0v) is 16.0. The second kappa shape index (κ2) is 8.27. The minimum absolute atomic E-state index is 0.0467. The Morgan fingerprint density at radius 1 is 1.25 bits per heavy atom. The number of benzene rings is 1. The summed E-state index contributed by atoms with van der Waals surface area (Å²) < 4.78 is 56.1. The van der Waals surface area contributed by atoms with Gasteiger partial charge in [0.25, 0.3) is 0 Å². The Bertz CT molecular complexity index is 691. The largest absolute Gasteiger partial charge is 0.497 e. The van der Waals surface area contributed by atoms with Crippen molar-refractivity contribution in [3.8, 4) is 5.75 Å². The molecular weight excluding hydrogens is 376 g/mol. The molecule has 2 aliphatic rings. The van der Waals surface area contributed by atoms with E-state index in [1.165, 1.54) is 0 Å². The second-order valence-corrected chi connectivity index (χ2v) is 7.93. The molecule has 1 aromatic carbocycles. The van der Waals surface area contributed by atoms with E-state index in [9.17, 15) is 22.4 Å². The lowest BCUT2D eigenvalue weighted by Gasteiger charge is -2.39. The van der Waals surface area contributed by atoms with Crippen molar-refractivity contribution in [2.24, 2.45) is 5.41 Å². The van der Waals surface area contributed by atoms with E-state index in [1.54, 1.807) is 12.0 Å². The third-order valence-corrected chi connectivity index (χ3v) is 5.91. The van der Waals surface area contributed by atoms with Crippen LogP contribution in [0.4, 0.5) is 17.6 Å². The molecule has 0 N–H and O–H groups in total. The van der Waals surface area contributed by atoms with E-state index >= 15 is 0 Å². The van der Waals surface area contributed by atoms with Gasteiger partial charge in [-0.1, -0.05) is 12.1 Å². The van der Waals surface area contributed by atoms with Gasteiger partial charge in [-0.3, -0.25) is 4.79 Å². The van der Waals surface area contributed by atoms with Crippen LogP contribution < -0.4 is 4.74 Å². The van der Waals surface area contributed by atoms with Crippen molar-refractivity contribution >= 4 is 5.91 Å². The lowest BCUT2D eigenvalue weighted by Crippen LogP contribution is -2.43. The van der Waals surface area contributed by atoms with Gasteiger partial charge in [-0.15, -0.1) is 0 Å². The molecule has 0 atom stereocenters. The van der Waals surface area contributed by atoms with Crippen molar-refractivity contribution in [2.75, 3.05) is 33.3 Å². The molecule has 3 rings (SSSR count). The third-order valence-electron chi connectivity index (χ3n) is 5.91. The first-order valence-corrected chi connectivity index (χ1v) is 9.52. The Kier molecular flexibility index (Phi) is 6.17. The molecule has 28 heavy (non-hydrogen) atoms. The lowest BCUT2D eigenvalue weighted by molar-refractivity contribution is -0.136. The van der Waals surface area contributed by atoms with E-state index in [0.717, 1.165) is 11.3 Å². The molecule has 156 valence electrons. The minimum atomic E-state index is -3.94. The van der Waals surface area contributed by atoms with Gasteiger partial charge in [-0.2, -0.15) is 0 Å². The number of likely N-dealkylation sites (tertiary alicyclic amines) is 2. The summed E-state index contributed by atoms with van der Waals surface area (Å²) in [5.41, 5.74) is 0.855. The lowest BCUT2D eigenvalue weighted by atomic mass is 9.77. The van der Waals surface area contributed by atoms with Crippen LogP contribution in [0.2, 0.25) is 0 Å². The molecule has 4 nitrogen and oxygen atoms in total. The van der Waals surface area contributed by atoms with Gasteiger partial charge in [0.15, 0.2) is 0 Å². The van der Waals surface area contributed by atoms with Crippen molar-refractivity contribution in [2.45, 2.75) is 44.6 Å². The number of rotatable bonds is 7. The van der Waals surface area contributed by atoms with Crippen molar-refractivity contribution in [3.63, 3.8) is 0 Å². The predicted molar refractivity (Wildman–Crippen MR) is 96.7 cm³/mol. The SMILES string of the molecule is COc1cccc(CN2CC3(CCN(CCC(F)(F)C(F)F)CC3)CC2=O)c1. The van der Waals surface area contributed by atoms with E-state index < -0.39 is 18.8 Å². The van der Waals surface area contributed by atoms with Gasteiger partial charge >= 0.3 is 12.3 Å². The average Bonchev–Trinajstić information content (AvgIpc) is 2.96. The van der Waals surface area contributed by atoms with Crippen LogP contribution in [0.3, 0.4) is 0 Å². The number of nitrogens with zero attached hydrogens (tertiary/aromatic N) is 2. The van der Waals surface area contributed by atoms with Gasteiger partial charge in [-0.05, 0) is 49.0 Å². The van der Waals surface area contributed by atoms with Crippen molar-refractivity contribution in [1.82, 2.24) is 9.80 Å². The zero-order chi connectivity index (χ0) is 20.4. The fourth-order valence-corrected chi connectivity index (χ4v) is 4.12. The fourth-order valence-electron chi connectivity index (χ4n) is 4.12. The van der Waals surface area contributed by atoms with Gasteiger partial charge < -0.3 is 14.5 Å². The van der Waals surface area contributed by atoms with E-state index in [2.05, 4.69) is 0 Å². The molecule has 2 fully saturated rings. The number of carbonyl (C=O) groups excluding carboxylic acids is 1. The maximum atomic E-state index is 13.1. The van der Waals surface area contributed by atoms with Crippen LogP contribution >= 0.6 is 0 Å². The van der Waals surface area contributed by atoms with Gasteiger partial charge in [0, 0.05) is 32.5 Å². The van der Waals surface area contributed by atoms with Crippen LogP contribution in [-0.4, -0.2) is 61.3 Å². The Labute approximate surface area is 162 Å². The molecule has 0 unspecified atom stereocenters. The van der Waals surface area contributed by atoms with Crippen LogP contribution in [0.1, 0.15) is 31.2 Å². The van der Waals surface area contributed by atoms with Gasteiger partial charge in [0.05, 0.1) is 7.11 Å². The summed E-state index contributed by atoms with van der Waals surface area (Å²) in [4.78, 5) is 16.2. The Hall–Kier alpha value is -1.83. The molecule has 0 aromatic heterocycles. The highest BCUT2D eigenvalue weighted by atomic mass is 19.3. The summed E-state index contributed by atoms with van der Waals surface area (Å²) >= 11 is 0. The molecular formula is C20H26F4N2O2. The third kappa shape index (κ3) is 4.77. The second-order valence-electron chi connectivity index (χ2n) is 7.93. The summed E-state index contributed by atoms with van der Waals surface area (Å²) in [5, 5.41) is 0. The fraction of sp³-hybridized carbons (Fsp3) is 0.650. The van der Waals surface area contributed by atoms with E-state index in [-0.39, 0.29) is 17.9 Å². The van der Waals surface area contributed by atoms with Crippen LogP contribution in [-0.2, 0) is 11.3 Å². The molecule has 1 amide bonds. The molecule has 2 heterocycles. The van der Waals surface area contributed by atoms with Crippen molar-refractivity contribution < 1.29 is 27.1 Å². The Morgan fingerprint density at radius 3 is 2.61 bits per heavy atom. The van der Waals surface area contributed by atoms with Crippen LogP contribution in [0, 0.1) is 5.41 Å².